The molecule has 0 radical (unpaired) electrons. The number of benzene rings is 1. The molecule has 3 heteroatoms. The molecule has 0 bridgehead atoms. The van der Waals surface area contributed by atoms with Gasteiger partial charge in [0, 0.05) is 24.9 Å². The van der Waals surface area contributed by atoms with Gasteiger partial charge in [0.15, 0.2) is 0 Å². The second-order valence-electron chi connectivity index (χ2n) is 6.89. The fourth-order valence-corrected chi connectivity index (χ4v) is 3.75. The molecule has 2 saturated heterocycles. The zero-order chi connectivity index (χ0) is 14.7. The first-order chi connectivity index (χ1) is 10.2. The monoisotopic (exact) mass is 286 g/mol. The van der Waals surface area contributed by atoms with Gasteiger partial charge in [-0.05, 0) is 43.8 Å². The molecule has 1 N–H and O–H groups in total. The van der Waals surface area contributed by atoms with Crippen LogP contribution in [0.5, 0.6) is 0 Å². The van der Waals surface area contributed by atoms with Gasteiger partial charge in [-0.2, -0.15) is 0 Å². The average Bonchev–Trinajstić information content (AvgIpc) is 2.53. The number of hydrogen-bond acceptors (Lipinski definition) is 2. The van der Waals surface area contributed by atoms with Crippen LogP contribution < -0.4 is 5.32 Å². The third kappa shape index (κ3) is 3.29. The van der Waals surface area contributed by atoms with Crippen molar-refractivity contribution in [3.63, 3.8) is 0 Å². The number of carbonyl (C=O) groups excluding carboxylic acids is 1. The molecule has 0 aromatic heterocycles. The Labute approximate surface area is 127 Å². The lowest BCUT2D eigenvalue weighted by Gasteiger charge is -2.42. The number of nitrogens with one attached hydrogen (secondary N) is 1. The van der Waals surface area contributed by atoms with Crippen molar-refractivity contribution in [3.05, 3.63) is 35.9 Å². The second kappa shape index (κ2) is 6.18. The van der Waals surface area contributed by atoms with E-state index in [-0.39, 0.29) is 5.41 Å². The van der Waals surface area contributed by atoms with Crippen molar-refractivity contribution in [2.24, 2.45) is 5.92 Å². The number of rotatable bonds is 3. The van der Waals surface area contributed by atoms with Gasteiger partial charge in [0.1, 0.15) is 0 Å². The van der Waals surface area contributed by atoms with Crippen LogP contribution in [0.2, 0.25) is 0 Å². The van der Waals surface area contributed by atoms with E-state index in [4.69, 9.17) is 0 Å². The van der Waals surface area contributed by atoms with Crippen LogP contribution in [-0.4, -0.2) is 37.0 Å². The number of carbonyl (C=O) groups is 1. The molecule has 0 saturated carbocycles. The van der Waals surface area contributed by atoms with Crippen molar-refractivity contribution in [2.75, 3.05) is 26.2 Å². The third-order valence-corrected chi connectivity index (χ3v) is 5.19. The van der Waals surface area contributed by atoms with Crippen molar-refractivity contribution >= 4 is 5.91 Å². The molecule has 1 atom stereocenters. The van der Waals surface area contributed by atoms with Gasteiger partial charge in [0.25, 0.3) is 0 Å². The van der Waals surface area contributed by atoms with Gasteiger partial charge in [-0.1, -0.05) is 37.3 Å². The number of likely N-dealkylation sites (tertiary alicyclic amines) is 1. The molecular formula is C18H26N2O. The Balaban J connectivity index is 1.70. The predicted octanol–water partition coefficient (Wildman–Crippen LogP) is 2.57. The first-order valence-corrected chi connectivity index (χ1v) is 8.21. The van der Waals surface area contributed by atoms with Crippen molar-refractivity contribution < 1.29 is 4.79 Å². The minimum absolute atomic E-state index is 0.113. The standard InChI is InChI=1S/C18H26N2O/c1-18(16-5-3-2-4-6-16)10-7-17(21)20(14-18)13-15-8-11-19-12-9-15/h2-6,15,19H,7-14H2,1H3. The molecule has 1 aromatic carbocycles. The predicted molar refractivity (Wildman–Crippen MR) is 85.2 cm³/mol. The van der Waals surface area contributed by atoms with E-state index >= 15 is 0 Å². The maximum atomic E-state index is 12.3. The first-order valence-electron chi connectivity index (χ1n) is 8.21. The summed E-state index contributed by atoms with van der Waals surface area (Å²) in [5.74, 6) is 1.02. The molecular weight excluding hydrogens is 260 g/mol. The summed E-state index contributed by atoms with van der Waals surface area (Å²) in [6, 6.07) is 10.7. The highest BCUT2D eigenvalue weighted by Crippen LogP contribution is 2.34. The van der Waals surface area contributed by atoms with Crippen LogP contribution in [0.15, 0.2) is 30.3 Å². The molecule has 3 rings (SSSR count). The lowest BCUT2D eigenvalue weighted by atomic mass is 9.75. The Morgan fingerprint density at radius 1 is 1.24 bits per heavy atom. The average molecular weight is 286 g/mol. The lowest BCUT2D eigenvalue weighted by Crippen LogP contribution is -2.49. The summed E-state index contributed by atoms with van der Waals surface area (Å²) >= 11 is 0. The van der Waals surface area contributed by atoms with E-state index in [2.05, 4.69) is 47.5 Å². The van der Waals surface area contributed by atoms with E-state index in [1.807, 2.05) is 0 Å². The Morgan fingerprint density at radius 2 is 1.95 bits per heavy atom. The van der Waals surface area contributed by atoms with Gasteiger partial charge in [-0.3, -0.25) is 4.79 Å². The highest BCUT2D eigenvalue weighted by Gasteiger charge is 2.36. The van der Waals surface area contributed by atoms with Crippen LogP contribution in [0.3, 0.4) is 0 Å². The Bertz CT molecular complexity index is 481. The number of hydrogen-bond donors (Lipinski definition) is 1. The normalized spacial score (nSPS) is 27.9. The van der Waals surface area contributed by atoms with E-state index in [0.717, 1.165) is 32.6 Å². The molecule has 0 spiro atoms. The molecule has 2 heterocycles. The maximum Gasteiger partial charge on any atom is 0.222 e. The fourth-order valence-electron chi connectivity index (χ4n) is 3.75. The van der Waals surface area contributed by atoms with Gasteiger partial charge in [-0.25, -0.2) is 0 Å². The highest BCUT2D eigenvalue weighted by molar-refractivity contribution is 5.77. The summed E-state index contributed by atoms with van der Waals surface area (Å²) in [6.45, 7) is 6.33. The summed E-state index contributed by atoms with van der Waals surface area (Å²) in [5, 5.41) is 3.40. The Hall–Kier alpha value is -1.35. The number of nitrogens with zero attached hydrogens (tertiary/aromatic N) is 1. The summed E-state index contributed by atoms with van der Waals surface area (Å²) < 4.78 is 0. The minimum atomic E-state index is 0.113. The summed E-state index contributed by atoms with van der Waals surface area (Å²) in [4.78, 5) is 14.4. The van der Waals surface area contributed by atoms with E-state index < -0.39 is 0 Å². The molecule has 1 aromatic rings. The largest absolute Gasteiger partial charge is 0.342 e. The number of amides is 1. The zero-order valence-corrected chi connectivity index (χ0v) is 13.0. The summed E-state index contributed by atoms with van der Waals surface area (Å²) in [6.07, 6.45) is 4.06. The summed E-state index contributed by atoms with van der Waals surface area (Å²) in [7, 11) is 0. The molecule has 2 aliphatic heterocycles. The van der Waals surface area contributed by atoms with E-state index in [1.165, 1.54) is 18.4 Å². The molecule has 1 unspecified atom stereocenters. The van der Waals surface area contributed by atoms with Gasteiger partial charge in [0.05, 0.1) is 0 Å². The second-order valence-corrected chi connectivity index (χ2v) is 6.89. The molecule has 1 amide bonds. The van der Waals surface area contributed by atoms with Crippen molar-refractivity contribution in [1.82, 2.24) is 10.2 Å². The van der Waals surface area contributed by atoms with Crippen molar-refractivity contribution in [2.45, 2.75) is 38.0 Å². The van der Waals surface area contributed by atoms with Crippen LogP contribution in [0.1, 0.15) is 38.2 Å². The SMILES string of the molecule is CC1(c2ccccc2)CCC(=O)N(CC2CCNCC2)C1. The van der Waals surface area contributed by atoms with Gasteiger partial charge < -0.3 is 10.2 Å². The molecule has 2 aliphatic rings. The minimum Gasteiger partial charge on any atom is -0.342 e. The third-order valence-electron chi connectivity index (χ3n) is 5.19. The van der Waals surface area contributed by atoms with E-state index in [9.17, 15) is 4.79 Å². The first kappa shape index (κ1) is 14.6. The number of piperidine rings is 2. The maximum absolute atomic E-state index is 12.3. The van der Waals surface area contributed by atoms with E-state index in [1.54, 1.807) is 0 Å². The Morgan fingerprint density at radius 3 is 2.67 bits per heavy atom. The van der Waals surface area contributed by atoms with Crippen LogP contribution in [-0.2, 0) is 10.2 Å². The summed E-state index contributed by atoms with van der Waals surface area (Å²) in [5.41, 5.74) is 1.48. The van der Waals surface area contributed by atoms with Crippen molar-refractivity contribution in [3.8, 4) is 0 Å². The molecule has 114 valence electrons. The molecule has 3 nitrogen and oxygen atoms in total. The lowest BCUT2D eigenvalue weighted by molar-refractivity contribution is -0.136. The van der Waals surface area contributed by atoms with Crippen LogP contribution >= 0.6 is 0 Å². The molecule has 0 aliphatic carbocycles. The van der Waals surface area contributed by atoms with Crippen molar-refractivity contribution in [1.29, 1.82) is 0 Å². The fraction of sp³-hybridized carbons (Fsp3) is 0.611. The van der Waals surface area contributed by atoms with Crippen LogP contribution in [0.4, 0.5) is 0 Å². The van der Waals surface area contributed by atoms with Gasteiger partial charge in [-0.15, -0.1) is 0 Å². The topological polar surface area (TPSA) is 32.3 Å². The molecule has 2 fully saturated rings. The zero-order valence-electron chi connectivity index (χ0n) is 13.0. The van der Waals surface area contributed by atoms with Crippen LogP contribution in [0, 0.1) is 5.92 Å². The highest BCUT2D eigenvalue weighted by atomic mass is 16.2. The van der Waals surface area contributed by atoms with Gasteiger partial charge >= 0.3 is 0 Å². The van der Waals surface area contributed by atoms with Crippen LogP contribution in [0.25, 0.3) is 0 Å². The smallest absolute Gasteiger partial charge is 0.222 e. The Kier molecular flexibility index (Phi) is 4.29. The molecule has 21 heavy (non-hydrogen) atoms. The van der Waals surface area contributed by atoms with E-state index in [0.29, 0.717) is 18.2 Å². The van der Waals surface area contributed by atoms with Gasteiger partial charge in [0.2, 0.25) is 5.91 Å². The quantitative estimate of drug-likeness (QED) is 0.926.